The fourth-order valence-electron chi connectivity index (χ4n) is 2.46. The maximum absolute atomic E-state index is 12.7. The second-order valence-electron chi connectivity index (χ2n) is 5.87. The zero-order chi connectivity index (χ0) is 17.0. The summed E-state index contributed by atoms with van der Waals surface area (Å²) in [6.45, 7) is 0. The second kappa shape index (κ2) is 7.41. The maximum atomic E-state index is 12.7. The third kappa shape index (κ3) is 4.92. The van der Waals surface area contributed by atoms with Crippen molar-refractivity contribution >= 4 is 11.9 Å². The molecule has 6 nitrogen and oxygen atoms in total. The molecule has 4 N–H and O–H groups in total. The molecular formula is C16H20FNO5. The van der Waals surface area contributed by atoms with Crippen LogP contribution in [0.25, 0.3) is 0 Å². The molecule has 23 heavy (non-hydrogen) atoms. The first-order valence-corrected chi connectivity index (χ1v) is 7.46. The second-order valence-corrected chi connectivity index (χ2v) is 5.87. The van der Waals surface area contributed by atoms with Gasteiger partial charge < -0.3 is 20.7 Å². The first kappa shape index (κ1) is 17.2. The molecule has 0 bridgehead atoms. The summed E-state index contributed by atoms with van der Waals surface area (Å²) in [4.78, 5) is 22.0. The lowest BCUT2D eigenvalue weighted by Gasteiger charge is -2.30. The molecule has 0 aromatic heterocycles. The summed E-state index contributed by atoms with van der Waals surface area (Å²) in [6.07, 6.45) is -0.0355. The molecule has 0 spiro atoms. The van der Waals surface area contributed by atoms with Crippen LogP contribution >= 0.6 is 0 Å². The SMILES string of the molecule is N[C@@H](C[C@H](Cc1ccc(OC2CC(F)C2)cc1)C(=O)O)C(=O)O. The summed E-state index contributed by atoms with van der Waals surface area (Å²) >= 11 is 0. The lowest BCUT2D eigenvalue weighted by atomic mass is 9.92. The maximum Gasteiger partial charge on any atom is 0.320 e. The Morgan fingerprint density at radius 3 is 2.30 bits per heavy atom. The van der Waals surface area contributed by atoms with Crippen LogP contribution in [-0.4, -0.2) is 40.5 Å². The Morgan fingerprint density at radius 1 is 1.22 bits per heavy atom. The number of halogens is 1. The number of rotatable bonds is 8. The van der Waals surface area contributed by atoms with Crippen molar-refractivity contribution in [1.29, 1.82) is 0 Å². The van der Waals surface area contributed by atoms with Gasteiger partial charge in [0.2, 0.25) is 0 Å². The van der Waals surface area contributed by atoms with E-state index in [-0.39, 0.29) is 18.9 Å². The lowest BCUT2D eigenvalue weighted by molar-refractivity contribution is -0.143. The van der Waals surface area contributed by atoms with E-state index < -0.39 is 30.1 Å². The van der Waals surface area contributed by atoms with Gasteiger partial charge in [0.25, 0.3) is 0 Å². The third-order valence-corrected chi connectivity index (χ3v) is 3.95. The zero-order valence-electron chi connectivity index (χ0n) is 12.5. The summed E-state index contributed by atoms with van der Waals surface area (Å²) in [5.74, 6) is -2.55. The highest BCUT2D eigenvalue weighted by Crippen LogP contribution is 2.28. The van der Waals surface area contributed by atoms with E-state index in [2.05, 4.69) is 0 Å². The van der Waals surface area contributed by atoms with Crippen molar-refractivity contribution in [1.82, 2.24) is 0 Å². The topological polar surface area (TPSA) is 110 Å². The number of hydrogen-bond acceptors (Lipinski definition) is 4. The van der Waals surface area contributed by atoms with Crippen LogP contribution in [0.4, 0.5) is 4.39 Å². The monoisotopic (exact) mass is 325 g/mol. The number of carbonyl (C=O) groups is 2. The highest BCUT2D eigenvalue weighted by molar-refractivity contribution is 5.76. The van der Waals surface area contributed by atoms with Gasteiger partial charge in [-0.25, -0.2) is 4.39 Å². The molecule has 1 aromatic rings. The summed E-state index contributed by atoms with van der Waals surface area (Å²) in [7, 11) is 0. The fraction of sp³-hybridized carbons (Fsp3) is 0.500. The molecule has 0 heterocycles. The van der Waals surface area contributed by atoms with Crippen molar-refractivity contribution in [3.8, 4) is 5.75 Å². The number of alkyl halides is 1. The molecule has 1 saturated carbocycles. The summed E-state index contributed by atoms with van der Waals surface area (Å²) < 4.78 is 18.3. The van der Waals surface area contributed by atoms with E-state index in [1.54, 1.807) is 24.3 Å². The molecule has 0 unspecified atom stereocenters. The standard InChI is InChI=1S/C16H20FNO5/c17-11-7-13(8-11)23-12-3-1-9(2-4-12)5-10(15(19)20)6-14(18)16(21)22/h1-4,10-11,13-14H,5-8,18H2,(H,19,20)(H,21,22)/t10-,11?,13?,14-/m0/s1. The van der Waals surface area contributed by atoms with Crippen molar-refractivity contribution in [3.63, 3.8) is 0 Å². The van der Waals surface area contributed by atoms with Gasteiger partial charge in [0, 0.05) is 12.8 Å². The Hall–Kier alpha value is -2.15. The van der Waals surface area contributed by atoms with Gasteiger partial charge in [-0.3, -0.25) is 9.59 Å². The van der Waals surface area contributed by atoms with E-state index in [1.165, 1.54) is 0 Å². The summed E-state index contributed by atoms with van der Waals surface area (Å²) in [6, 6.07) is 5.66. The first-order chi connectivity index (χ1) is 10.8. The van der Waals surface area contributed by atoms with E-state index in [4.69, 9.17) is 15.6 Å². The summed E-state index contributed by atoms with van der Waals surface area (Å²) in [5, 5.41) is 18.0. The Balaban J connectivity index is 1.92. The molecule has 1 fully saturated rings. The van der Waals surface area contributed by atoms with Crippen molar-refractivity contribution < 1.29 is 28.9 Å². The Kier molecular flexibility index (Phi) is 5.54. The van der Waals surface area contributed by atoms with Crippen molar-refractivity contribution in [3.05, 3.63) is 29.8 Å². The van der Waals surface area contributed by atoms with Crippen molar-refractivity contribution in [2.45, 2.75) is 44.0 Å². The molecule has 2 rings (SSSR count). The smallest absolute Gasteiger partial charge is 0.320 e. The van der Waals surface area contributed by atoms with Gasteiger partial charge in [-0.2, -0.15) is 0 Å². The minimum Gasteiger partial charge on any atom is -0.490 e. The molecule has 0 saturated heterocycles. The van der Waals surface area contributed by atoms with Crippen LogP contribution in [0.15, 0.2) is 24.3 Å². The number of carboxylic acid groups (broad SMARTS) is 2. The van der Waals surface area contributed by atoms with E-state index in [1.807, 2.05) is 0 Å². The van der Waals surface area contributed by atoms with Gasteiger partial charge in [-0.1, -0.05) is 12.1 Å². The number of benzene rings is 1. The van der Waals surface area contributed by atoms with Gasteiger partial charge in [0.1, 0.15) is 24.1 Å². The van der Waals surface area contributed by atoms with Gasteiger partial charge in [0.15, 0.2) is 0 Å². The largest absolute Gasteiger partial charge is 0.490 e. The van der Waals surface area contributed by atoms with Crippen LogP contribution in [0.2, 0.25) is 0 Å². The van der Waals surface area contributed by atoms with Crippen LogP contribution in [0.5, 0.6) is 5.75 Å². The van der Waals surface area contributed by atoms with E-state index in [9.17, 15) is 19.1 Å². The van der Waals surface area contributed by atoms with Crippen molar-refractivity contribution in [2.24, 2.45) is 11.7 Å². The predicted molar refractivity (Wildman–Crippen MR) is 80.0 cm³/mol. The number of aliphatic carboxylic acids is 2. The molecule has 0 radical (unpaired) electrons. The average Bonchev–Trinajstić information content (AvgIpc) is 2.46. The van der Waals surface area contributed by atoms with Gasteiger partial charge >= 0.3 is 11.9 Å². The Labute approximate surface area is 133 Å². The molecule has 1 aliphatic carbocycles. The van der Waals surface area contributed by atoms with Crippen LogP contribution in [-0.2, 0) is 16.0 Å². The molecule has 0 aliphatic heterocycles. The average molecular weight is 325 g/mol. The molecule has 0 amide bonds. The minimum absolute atomic E-state index is 0.101. The summed E-state index contributed by atoms with van der Waals surface area (Å²) in [5.41, 5.74) is 6.16. The van der Waals surface area contributed by atoms with Crippen molar-refractivity contribution in [2.75, 3.05) is 0 Å². The van der Waals surface area contributed by atoms with E-state index in [0.717, 1.165) is 5.56 Å². The highest BCUT2D eigenvalue weighted by Gasteiger charge is 2.30. The van der Waals surface area contributed by atoms with Gasteiger partial charge in [0.05, 0.1) is 5.92 Å². The molecule has 1 aliphatic rings. The van der Waals surface area contributed by atoms with Crippen LogP contribution < -0.4 is 10.5 Å². The number of carboxylic acids is 2. The van der Waals surface area contributed by atoms with Crippen LogP contribution in [0, 0.1) is 5.92 Å². The molecule has 126 valence electrons. The molecule has 2 atom stereocenters. The Morgan fingerprint density at radius 2 is 1.83 bits per heavy atom. The van der Waals surface area contributed by atoms with Crippen LogP contribution in [0.3, 0.4) is 0 Å². The highest BCUT2D eigenvalue weighted by atomic mass is 19.1. The van der Waals surface area contributed by atoms with Crippen LogP contribution in [0.1, 0.15) is 24.8 Å². The molecule has 1 aromatic carbocycles. The number of ether oxygens (including phenoxy) is 1. The predicted octanol–water partition coefficient (Wildman–Crippen LogP) is 1.61. The normalized spacial score (nSPS) is 22.7. The fourth-order valence-corrected chi connectivity index (χ4v) is 2.46. The first-order valence-electron chi connectivity index (χ1n) is 7.46. The molecular weight excluding hydrogens is 305 g/mol. The Bertz CT molecular complexity index is 556. The van der Waals surface area contributed by atoms with Gasteiger partial charge in [-0.15, -0.1) is 0 Å². The van der Waals surface area contributed by atoms with E-state index >= 15 is 0 Å². The molecule has 7 heteroatoms. The quantitative estimate of drug-likeness (QED) is 0.670. The number of nitrogens with two attached hydrogens (primary N) is 1. The third-order valence-electron chi connectivity index (χ3n) is 3.95. The minimum atomic E-state index is -1.22. The van der Waals surface area contributed by atoms with Gasteiger partial charge in [-0.05, 0) is 30.5 Å². The lowest BCUT2D eigenvalue weighted by Crippen LogP contribution is -2.35. The zero-order valence-corrected chi connectivity index (χ0v) is 12.5. The number of hydrogen-bond donors (Lipinski definition) is 3. The van der Waals surface area contributed by atoms with E-state index in [0.29, 0.717) is 18.6 Å².